The van der Waals surface area contributed by atoms with Crippen LogP contribution >= 0.6 is 0 Å². The highest BCUT2D eigenvalue weighted by Gasteiger charge is 2.10. The van der Waals surface area contributed by atoms with Crippen molar-refractivity contribution in [2.75, 3.05) is 0 Å². The second-order valence-electron chi connectivity index (χ2n) is 5.44. The second-order valence-corrected chi connectivity index (χ2v) is 5.44. The van der Waals surface area contributed by atoms with Crippen LogP contribution in [0.5, 0.6) is 0 Å². The molecule has 0 atom stereocenters. The normalized spacial score (nSPS) is 11.2. The molecule has 0 bridgehead atoms. The Morgan fingerprint density at radius 1 is 0.826 bits per heavy atom. The molecule has 0 amide bonds. The van der Waals surface area contributed by atoms with Gasteiger partial charge in [0.15, 0.2) is 0 Å². The molecular weight excluding hydrogens is 292 g/mol. The van der Waals surface area contributed by atoms with Gasteiger partial charge in [-0.15, -0.1) is 0 Å². The molecule has 0 N–H and O–H groups in total. The predicted octanol–water partition coefficient (Wildman–Crippen LogP) is 3.87. The third-order valence-electron chi connectivity index (χ3n) is 3.90. The van der Waals surface area contributed by atoms with Gasteiger partial charge in [0.1, 0.15) is 11.2 Å². The van der Waals surface area contributed by atoms with E-state index < -0.39 is 11.3 Å². The van der Waals surface area contributed by atoms with Gasteiger partial charge < -0.3 is 8.83 Å². The van der Waals surface area contributed by atoms with Crippen molar-refractivity contribution in [2.24, 2.45) is 0 Å². The summed E-state index contributed by atoms with van der Waals surface area (Å²) in [6.07, 6.45) is 0. The molecule has 4 aromatic rings. The van der Waals surface area contributed by atoms with Crippen LogP contribution in [0, 0.1) is 6.92 Å². The quantitative estimate of drug-likeness (QED) is 0.501. The maximum absolute atomic E-state index is 12.2. The molecule has 0 saturated carbocycles. The van der Waals surface area contributed by atoms with Crippen LogP contribution in [0.2, 0.25) is 0 Å². The SMILES string of the molecule is Cc1cc(=O)oc2cc(-c3cc4ccccc4oc3=O)ccc12. The number of hydrogen-bond acceptors (Lipinski definition) is 4. The van der Waals surface area contributed by atoms with Crippen molar-refractivity contribution in [2.45, 2.75) is 6.92 Å². The van der Waals surface area contributed by atoms with Crippen molar-refractivity contribution >= 4 is 21.9 Å². The third kappa shape index (κ3) is 2.25. The lowest BCUT2D eigenvalue weighted by atomic mass is 10.0. The Morgan fingerprint density at radius 2 is 1.65 bits per heavy atom. The van der Waals surface area contributed by atoms with Crippen LogP contribution < -0.4 is 11.3 Å². The largest absolute Gasteiger partial charge is 0.423 e. The first kappa shape index (κ1) is 13.5. The molecule has 2 heterocycles. The van der Waals surface area contributed by atoms with Crippen molar-refractivity contribution in [3.8, 4) is 11.1 Å². The van der Waals surface area contributed by atoms with Crippen LogP contribution in [0.4, 0.5) is 0 Å². The van der Waals surface area contributed by atoms with E-state index in [9.17, 15) is 9.59 Å². The lowest BCUT2D eigenvalue weighted by molar-refractivity contribution is 0.559. The summed E-state index contributed by atoms with van der Waals surface area (Å²) < 4.78 is 10.6. The summed E-state index contributed by atoms with van der Waals surface area (Å²) in [5.74, 6) is 0. The number of benzene rings is 2. The van der Waals surface area contributed by atoms with Crippen molar-refractivity contribution < 1.29 is 8.83 Å². The first-order valence-electron chi connectivity index (χ1n) is 7.19. The Balaban J connectivity index is 2.00. The Morgan fingerprint density at radius 3 is 2.52 bits per heavy atom. The number of para-hydroxylation sites is 1. The van der Waals surface area contributed by atoms with E-state index in [1.54, 1.807) is 18.2 Å². The van der Waals surface area contributed by atoms with Crippen LogP contribution in [-0.4, -0.2) is 0 Å². The highest BCUT2D eigenvalue weighted by Crippen LogP contribution is 2.25. The number of aryl methyl sites for hydroxylation is 1. The summed E-state index contributed by atoms with van der Waals surface area (Å²) in [5.41, 5.74) is 2.12. The molecule has 0 radical (unpaired) electrons. The summed E-state index contributed by atoms with van der Waals surface area (Å²) >= 11 is 0. The Kier molecular flexibility index (Phi) is 2.91. The second kappa shape index (κ2) is 4.95. The number of fused-ring (bicyclic) bond motifs is 2. The number of hydrogen-bond donors (Lipinski definition) is 0. The summed E-state index contributed by atoms with van der Waals surface area (Å²) in [6.45, 7) is 1.85. The summed E-state index contributed by atoms with van der Waals surface area (Å²) in [7, 11) is 0. The number of rotatable bonds is 1. The van der Waals surface area contributed by atoms with Gasteiger partial charge in [-0.1, -0.05) is 30.3 Å². The average molecular weight is 304 g/mol. The fourth-order valence-electron chi connectivity index (χ4n) is 2.76. The fourth-order valence-corrected chi connectivity index (χ4v) is 2.76. The van der Waals surface area contributed by atoms with E-state index in [4.69, 9.17) is 8.83 Å². The van der Waals surface area contributed by atoms with E-state index in [0.717, 1.165) is 16.3 Å². The average Bonchev–Trinajstić information content (AvgIpc) is 2.53. The monoisotopic (exact) mass is 304 g/mol. The van der Waals surface area contributed by atoms with Gasteiger partial charge in [0, 0.05) is 16.8 Å². The van der Waals surface area contributed by atoms with Gasteiger partial charge in [0.2, 0.25) is 0 Å². The van der Waals surface area contributed by atoms with Crippen LogP contribution in [0.1, 0.15) is 5.56 Å². The van der Waals surface area contributed by atoms with E-state index in [1.807, 2.05) is 37.3 Å². The molecule has 4 rings (SSSR count). The maximum atomic E-state index is 12.2. The highest BCUT2D eigenvalue weighted by atomic mass is 16.4. The van der Waals surface area contributed by atoms with Crippen LogP contribution in [0.15, 0.2) is 73.0 Å². The van der Waals surface area contributed by atoms with Crippen LogP contribution in [-0.2, 0) is 0 Å². The summed E-state index contributed by atoms with van der Waals surface area (Å²) in [6, 6.07) is 15.9. The molecule has 4 heteroatoms. The molecule has 0 fully saturated rings. The zero-order chi connectivity index (χ0) is 16.0. The first-order valence-corrected chi connectivity index (χ1v) is 7.19. The molecule has 0 saturated heterocycles. The van der Waals surface area contributed by atoms with E-state index >= 15 is 0 Å². The topological polar surface area (TPSA) is 60.4 Å². The Bertz CT molecular complexity index is 1170. The Labute approximate surface area is 130 Å². The predicted molar refractivity (Wildman–Crippen MR) is 88.7 cm³/mol. The van der Waals surface area contributed by atoms with Crippen molar-refractivity contribution in [3.05, 3.63) is 81.0 Å². The smallest absolute Gasteiger partial charge is 0.344 e. The molecule has 2 aromatic heterocycles. The van der Waals surface area contributed by atoms with Crippen molar-refractivity contribution in [1.29, 1.82) is 0 Å². The zero-order valence-corrected chi connectivity index (χ0v) is 12.3. The minimum Gasteiger partial charge on any atom is -0.423 e. The van der Waals surface area contributed by atoms with Gasteiger partial charge in [-0.3, -0.25) is 0 Å². The summed E-state index contributed by atoms with van der Waals surface area (Å²) in [4.78, 5) is 23.8. The zero-order valence-electron chi connectivity index (χ0n) is 12.3. The van der Waals surface area contributed by atoms with E-state index in [-0.39, 0.29) is 0 Å². The molecule has 0 aliphatic heterocycles. The molecule has 4 nitrogen and oxygen atoms in total. The van der Waals surface area contributed by atoms with Gasteiger partial charge in [-0.2, -0.15) is 0 Å². The minimum absolute atomic E-state index is 0.405. The fraction of sp³-hybridized carbons (Fsp3) is 0.0526. The van der Waals surface area contributed by atoms with Gasteiger partial charge in [0.25, 0.3) is 0 Å². The van der Waals surface area contributed by atoms with Crippen molar-refractivity contribution in [3.63, 3.8) is 0 Å². The first-order chi connectivity index (χ1) is 11.1. The van der Waals surface area contributed by atoms with Crippen molar-refractivity contribution in [1.82, 2.24) is 0 Å². The van der Waals surface area contributed by atoms with E-state index in [2.05, 4.69) is 0 Å². The maximum Gasteiger partial charge on any atom is 0.344 e. The Hall–Kier alpha value is -3.14. The highest BCUT2D eigenvalue weighted by molar-refractivity contribution is 5.87. The van der Waals surface area contributed by atoms with Gasteiger partial charge in [-0.25, -0.2) is 9.59 Å². The standard InChI is InChI=1S/C19H12O4/c1-11-8-18(20)22-17-10-12(6-7-14(11)17)15-9-13-4-2-3-5-16(13)23-19(15)21/h2-10H,1H3. The lowest BCUT2D eigenvalue weighted by Gasteiger charge is -2.05. The lowest BCUT2D eigenvalue weighted by Crippen LogP contribution is -2.03. The van der Waals surface area contributed by atoms with Gasteiger partial charge >= 0.3 is 11.3 Å². The minimum atomic E-state index is -0.418. The summed E-state index contributed by atoms with van der Waals surface area (Å²) in [5, 5.41) is 1.69. The molecule has 0 unspecified atom stereocenters. The molecular formula is C19H12O4. The molecule has 0 spiro atoms. The van der Waals surface area contributed by atoms with E-state index in [1.165, 1.54) is 6.07 Å². The molecule has 2 aromatic carbocycles. The molecule has 23 heavy (non-hydrogen) atoms. The third-order valence-corrected chi connectivity index (χ3v) is 3.90. The van der Waals surface area contributed by atoms with E-state index in [0.29, 0.717) is 22.3 Å². The molecule has 0 aliphatic rings. The molecule has 112 valence electrons. The van der Waals surface area contributed by atoms with Crippen LogP contribution in [0.25, 0.3) is 33.1 Å². The van der Waals surface area contributed by atoms with Gasteiger partial charge in [0.05, 0.1) is 5.56 Å². The van der Waals surface area contributed by atoms with Gasteiger partial charge in [-0.05, 0) is 36.2 Å². The molecule has 0 aliphatic carbocycles. The van der Waals surface area contributed by atoms with Crippen LogP contribution in [0.3, 0.4) is 0 Å².